The highest BCUT2D eigenvalue weighted by molar-refractivity contribution is 6.29. The third kappa shape index (κ3) is 3.46. The summed E-state index contributed by atoms with van der Waals surface area (Å²) in [4.78, 5) is 25.0. The van der Waals surface area contributed by atoms with E-state index in [-0.39, 0.29) is 5.92 Å². The summed E-state index contributed by atoms with van der Waals surface area (Å²) in [7, 11) is 0. The Hall–Kier alpha value is -1.36. The van der Waals surface area contributed by atoms with Gasteiger partial charge in [0.15, 0.2) is 0 Å². The van der Waals surface area contributed by atoms with E-state index in [9.17, 15) is 4.79 Å². The van der Waals surface area contributed by atoms with Crippen molar-refractivity contribution in [1.29, 1.82) is 0 Å². The molecule has 114 valence electrons. The topological polar surface area (TPSA) is 49.3 Å². The first-order chi connectivity index (χ1) is 10.2. The smallest absolute Gasteiger partial charge is 0.225 e. The molecule has 1 saturated heterocycles. The Morgan fingerprint density at radius 1 is 1.10 bits per heavy atom. The van der Waals surface area contributed by atoms with Gasteiger partial charge in [0.2, 0.25) is 5.91 Å². The molecule has 1 saturated carbocycles. The number of amides is 1. The van der Waals surface area contributed by atoms with Crippen LogP contribution >= 0.6 is 11.6 Å². The van der Waals surface area contributed by atoms with Gasteiger partial charge in [0.05, 0.1) is 12.4 Å². The zero-order valence-corrected chi connectivity index (χ0v) is 12.9. The summed E-state index contributed by atoms with van der Waals surface area (Å²) in [6.07, 6.45) is 9.09. The molecule has 0 atom stereocenters. The SMILES string of the molecule is O=C(C1CCCCC1)N1CCN(c2cncc(Cl)n2)CC1. The first-order valence-electron chi connectivity index (χ1n) is 7.75. The molecular weight excluding hydrogens is 288 g/mol. The normalized spacial score (nSPS) is 20.6. The van der Waals surface area contributed by atoms with Gasteiger partial charge in [-0.3, -0.25) is 9.78 Å². The highest BCUT2D eigenvalue weighted by Crippen LogP contribution is 2.26. The van der Waals surface area contributed by atoms with E-state index in [1.807, 2.05) is 4.90 Å². The quantitative estimate of drug-likeness (QED) is 0.841. The average Bonchev–Trinajstić information content (AvgIpc) is 2.55. The molecule has 0 unspecified atom stereocenters. The van der Waals surface area contributed by atoms with Crippen molar-refractivity contribution in [2.75, 3.05) is 31.1 Å². The molecule has 0 aromatic carbocycles. The van der Waals surface area contributed by atoms with Crippen LogP contribution in [-0.4, -0.2) is 47.0 Å². The van der Waals surface area contributed by atoms with E-state index in [1.54, 1.807) is 6.20 Å². The summed E-state index contributed by atoms with van der Waals surface area (Å²) in [6, 6.07) is 0. The van der Waals surface area contributed by atoms with Gasteiger partial charge in [0.25, 0.3) is 0 Å². The summed E-state index contributed by atoms with van der Waals surface area (Å²) in [5.74, 6) is 1.41. The molecule has 3 rings (SSSR count). The van der Waals surface area contributed by atoms with E-state index < -0.39 is 0 Å². The molecule has 5 nitrogen and oxygen atoms in total. The molecule has 0 spiro atoms. The minimum atomic E-state index is 0.260. The van der Waals surface area contributed by atoms with Gasteiger partial charge in [-0.15, -0.1) is 0 Å². The Kier molecular flexibility index (Phi) is 4.58. The summed E-state index contributed by atoms with van der Waals surface area (Å²) in [5.41, 5.74) is 0. The number of hydrogen-bond donors (Lipinski definition) is 0. The van der Waals surface area contributed by atoms with Crippen LogP contribution in [0.2, 0.25) is 5.15 Å². The van der Waals surface area contributed by atoms with E-state index in [2.05, 4.69) is 14.9 Å². The van der Waals surface area contributed by atoms with E-state index in [0.717, 1.165) is 44.8 Å². The zero-order chi connectivity index (χ0) is 14.7. The fourth-order valence-corrected chi connectivity index (χ4v) is 3.39. The lowest BCUT2D eigenvalue weighted by Crippen LogP contribution is -2.50. The molecule has 0 N–H and O–H groups in total. The van der Waals surface area contributed by atoms with Crippen molar-refractivity contribution < 1.29 is 4.79 Å². The van der Waals surface area contributed by atoms with Gasteiger partial charge in [0.1, 0.15) is 11.0 Å². The van der Waals surface area contributed by atoms with Crippen LogP contribution in [0.1, 0.15) is 32.1 Å². The lowest BCUT2D eigenvalue weighted by atomic mass is 9.88. The van der Waals surface area contributed by atoms with Crippen molar-refractivity contribution in [1.82, 2.24) is 14.9 Å². The number of anilines is 1. The Labute approximate surface area is 130 Å². The van der Waals surface area contributed by atoms with Crippen molar-refractivity contribution in [3.8, 4) is 0 Å². The lowest BCUT2D eigenvalue weighted by Gasteiger charge is -2.37. The fraction of sp³-hybridized carbons (Fsp3) is 0.667. The third-order valence-electron chi connectivity index (χ3n) is 4.46. The zero-order valence-electron chi connectivity index (χ0n) is 12.2. The Morgan fingerprint density at radius 2 is 1.81 bits per heavy atom. The number of rotatable bonds is 2. The summed E-state index contributed by atoms with van der Waals surface area (Å²) in [5, 5.41) is 0.410. The molecule has 2 heterocycles. The number of hydrogen-bond acceptors (Lipinski definition) is 4. The molecule has 1 aliphatic heterocycles. The van der Waals surface area contributed by atoms with Gasteiger partial charge in [-0.1, -0.05) is 30.9 Å². The molecule has 6 heteroatoms. The maximum absolute atomic E-state index is 12.5. The monoisotopic (exact) mass is 308 g/mol. The van der Waals surface area contributed by atoms with Crippen LogP contribution in [0.4, 0.5) is 5.82 Å². The fourth-order valence-electron chi connectivity index (χ4n) is 3.25. The molecule has 2 aliphatic rings. The summed E-state index contributed by atoms with van der Waals surface area (Å²) >= 11 is 5.88. The minimum Gasteiger partial charge on any atom is -0.352 e. The Balaban J connectivity index is 1.56. The third-order valence-corrected chi connectivity index (χ3v) is 4.64. The van der Waals surface area contributed by atoms with Crippen molar-refractivity contribution in [2.24, 2.45) is 5.92 Å². The van der Waals surface area contributed by atoms with Crippen molar-refractivity contribution in [3.63, 3.8) is 0 Å². The minimum absolute atomic E-state index is 0.260. The van der Waals surface area contributed by atoms with E-state index in [1.165, 1.54) is 25.5 Å². The Morgan fingerprint density at radius 3 is 2.48 bits per heavy atom. The second kappa shape index (κ2) is 6.60. The maximum atomic E-state index is 12.5. The van der Waals surface area contributed by atoms with Gasteiger partial charge in [-0.25, -0.2) is 4.98 Å². The number of nitrogens with zero attached hydrogens (tertiary/aromatic N) is 4. The molecule has 1 aromatic rings. The second-order valence-electron chi connectivity index (χ2n) is 5.85. The van der Waals surface area contributed by atoms with Crippen LogP contribution in [0, 0.1) is 5.92 Å². The molecule has 1 aromatic heterocycles. The van der Waals surface area contributed by atoms with Crippen LogP contribution in [0.3, 0.4) is 0 Å². The number of carbonyl (C=O) groups is 1. The molecular formula is C15H21ClN4O. The predicted molar refractivity (Wildman–Crippen MR) is 82.4 cm³/mol. The standard InChI is InChI=1S/C15H21ClN4O/c16-13-10-17-11-14(18-13)19-6-8-20(9-7-19)15(21)12-4-2-1-3-5-12/h10-12H,1-9H2. The molecule has 1 amide bonds. The van der Waals surface area contributed by atoms with Gasteiger partial charge in [0, 0.05) is 32.1 Å². The highest BCUT2D eigenvalue weighted by Gasteiger charge is 2.28. The average molecular weight is 309 g/mol. The maximum Gasteiger partial charge on any atom is 0.225 e. The lowest BCUT2D eigenvalue weighted by molar-refractivity contribution is -0.136. The van der Waals surface area contributed by atoms with Crippen LogP contribution in [0.15, 0.2) is 12.4 Å². The second-order valence-corrected chi connectivity index (χ2v) is 6.23. The van der Waals surface area contributed by atoms with Gasteiger partial charge in [-0.2, -0.15) is 0 Å². The van der Waals surface area contributed by atoms with Gasteiger partial charge >= 0.3 is 0 Å². The van der Waals surface area contributed by atoms with E-state index >= 15 is 0 Å². The van der Waals surface area contributed by atoms with Crippen molar-refractivity contribution in [3.05, 3.63) is 17.5 Å². The Bertz CT molecular complexity index is 496. The van der Waals surface area contributed by atoms with Crippen LogP contribution in [0.5, 0.6) is 0 Å². The van der Waals surface area contributed by atoms with Gasteiger partial charge < -0.3 is 9.80 Å². The van der Waals surface area contributed by atoms with Crippen LogP contribution in [-0.2, 0) is 4.79 Å². The predicted octanol–water partition coefficient (Wildman–Crippen LogP) is 2.36. The number of halogens is 1. The van der Waals surface area contributed by atoms with Crippen LogP contribution in [0.25, 0.3) is 0 Å². The molecule has 2 fully saturated rings. The highest BCUT2D eigenvalue weighted by atomic mass is 35.5. The van der Waals surface area contributed by atoms with Crippen LogP contribution < -0.4 is 4.90 Å². The molecule has 1 aliphatic carbocycles. The first-order valence-corrected chi connectivity index (χ1v) is 8.13. The molecule has 21 heavy (non-hydrogen) atoms. The van der Waals surface area contributed by atoms with E-state index in [0.29, 0.717) is 11.1 Å². The van der Waals surface area contributed by atoms with E-state index in [4.69, 9.17) is 11.6 Å². The molecule has 0 radical (unpaired) electrons. The van der Waals surface area contributed by atoms with Gasteiger partial charge in [-0.05, 0) is 12.8 Å². The largest absolute Gasteiger partial charge is 0.352 e. The summed E-state index contributed by atoms with van der Waals surface area (Å²) < 4.78 is 0. The number of piperazine rings is 1. The van der Waals surface area contributed by atoms with Crippen molar-refractivity contribution >= 4 is 23.3 Å². The number of carbonyl (C=O) groups excluding carboxylic acids is 1. The van der Waals surface area contributed by atoms with Crippen molar-refractivity contribution in [2.45, 2.75) is 32.1 Å². The first kappa shape index (κ1) is 14.6. The molecule has 0 bridgehead atoms. The number of aromatic nitrogens is 2. The summed E-state index contributed by atoms with van der Waals surface area (Å²) in [6.45, 7) is 3.13.